The highest BCUT2D eigenvalue weighted by Crippen LogP contribution is 2.25. The summed E-state index contributed by atoms with van der Waals surface area (Å²) >= 11 is 0. The smallest absolute Gasteiger partial charge is 0.244 e. The average molecular weight is 314 g/mol. The highest BCUT2D eigenvalue weighted by Gasteiger charge is 2.34. The first-order chi connectivity index (χ1) is 9.66. The van der Waals surface area contributed by atoms with Crippen LogP contribution in [0.25, 0.3) is 0 Å². The molecular formula is C14H19FN2O3S. The molecule has 3 N–H and O–H groups in total. The molecule has 0 saturated carbocycles. The van der Waals surface area contributed by atoms with Crippen molar-refractivity contribution in [1.82, 2.24) is 4.31 Å². The zero-order chi connectivity index (χ0) is 16.3. The number of nitrogens with zero attached hydrogens (tertiary/aromatic N) is 1. The second-order valence-corrected chi connectivity index (χ2v) is 7.03. The number of sulfonamides is 1. The molecule has 21 heavy (non-hydrogen) atoms. The quantitative estimate of drug-likeness (QED) is 0.794. The van der Waals surface area contributed by atoms with Crippen LogP contribution in [0.15, 0.2) is 23.1 Å². The van der Waals surface area contributed by atoms with Crippen LogP contribution < -0.4 is 5.73 Å². The third-order valence-electron chi connectivity index (χ3n) is 3.14. The highest BCUT2D eigenvalue weighted by molar-refractivity contribution is 7.89. The van der Waals surface area contributed by atoms with Crippen LogP contribution in [-0.2, 0) is 10.0 Å². The molecule has 1 aromatic carbocycles. The maximum atomic E-state index is 13.3. The van der Waals surface area contributed by atoms with E-state index in [1.165, 1.54) is 7.05 Å². The maximum Gasteiger partial charge on any atom is 0.244 e. The molecule has 0 amide bonds. The molecule has 0 heterocycles. The summed E-state index contributed by atoms with van der Waals surface area (Å²) in [6.45, 7) is 2.85. The van der Waals surface area contributed by atoms with Gasteiger partial charge in [-0.3, -0.25) is 0 Å². The molecule has 1 aromatic rings. The van der Waals surface area contributed by atoms with Gasteiger partial charge in [0.15, 0.2) is 0 Å². The summed E-state index contributed by atoms with van der Waals surface area (Å²) in [5, 5.41) is 9.32. The predicted molar refractivity (Wildman–Crippen MR) is 78.4 cm³/mol. The fraction of sp³-hybridized carbons (Fsp3) is 0.429. The summed E-state index contributed by atoms with van der Waals surface area (Å²) in [5.41, 5.74) is 4.31. The highest BCUT2D eigenvalue weighted by atomic mass is 32.2. The van der Waals surface area contributed by atoms with E-state index < -0.39 is 21.4 Å². The molecule has 0 aromatic heterocycles. The van der Waals surface area contributed by atoms with Crippen molar-refractivity contribution in [2.45, 2.75) is 24.3 Å². The molecule has 0 radical (unpaired) electrons. The number of rotatable bonds is 4. The number of hydrogen-bond acceptors (Lipinski definition) is 4. The van der Waals surface area contributed by atoms with Crippen molar-refractivity contribution in [1.29, 1.82) is 0 Å². The van der Waals surface area contributed by atoms with Crippen molar-refractivity contribution in [2.75, 3.05) is 20.2 Å². The number of hydrogen-bond donors (Lipinski definition) is 2. The molecule has 0 atom stereocenters. The van der Waals surface area contributed by atoms with Crippen molar-refractivity contribution in [3.8, 4) is 11.8 Å². The van der Waals surface area contributed by atoms with E-state index in [9.17, 15) is 17.9 Å². The molecule has 0 aliphatic rings. The first kappa shape index (κ1) is 17.6. The number of aliphatic hydroxyl groups is 1. The zero-order valence-corrected chi connectivity index (χ0v) is 13.0. The molecule has 0 saturated heterocycles. The van der Waals surface area contributed by atoms with Gasteiger partial charge in [0.2, 0.25) is 10.0 Å². The maximum absolute atomic E-state index is 13.3. The Kier molecular flexibility index (Phi) is 5.48. The first-order valence-electron chi connectivity index (χ1n) is 6.25. The normalized spacial score (nSPS) is 12.1. The van der Waals surface area contributed by atoms with E-state index in [2.05, 4.69) is 11.8 Å². The number of likely N-dealkylation sites (N-methyl/N-ethyl adjacent to an activating group) is 1. The Balaban J connectivity index is 3.45. The lowest BCUT2D eigenvalue weighted by Gasteiger charge is -2.33. The van der Waals surface area contributed by atoms with E-state index in [1.807, 2.05) is 0 Å². The molecule has 5 nitrogen and oxygen atoms in total. The van der Waals surface area contributed by atoms with E-state index in [0.717, 1.165) is 22.5 Å². The van der Waals surface area contributed by atoms with Gasteiger partial charge in [-0.25, -0.2) is 12.8 Å². The Morgan fingerprint density at radius 2 is 2.05 bits per heavy atom. The number of nitrogens with two attached hydrogens (primary N) is 1. The topological polar surface area (TPSA) is 83.6 Å². The van der Waals surface area contributed by atoms with Crippen LogP contribution in [0.1, 0.15) is 19.4 Å². The standard InChI is InChI=1S/C14H19FN2O3S/c1-14(2,10-18)17(3)21(19,20)13-7-6-12(15)9-11(13)5-4-8-16/h6-7,9,18H,8,10,16H2,1-3H3. The van der Waals surface area contributed by atoms with E-state index in [4.69, 9.17) is 5.73 Å². The van der Waals surface area contributed by atoms with E-state index in [0.29, 0.717) is 0 Å². The Bertz CT molecular complexity index is 675. The van der Waals surface area contributed by atoms with Gasteiger partial charge in [-0.2, -0.15) is 4.31 Å². The van der Waals surface area contributed by atoms with Gasteiger partial charge in [0.25, 0.3) is 0 Å². The third kappa shape index (κ3) is 3.80. The second-order valence-electron chi connectivity index (χ2n) is 5.09. The second kappa shape index (κ2) is 6.54. The Morgan fingerprint density at radius 3 is 2.57 bits per heavy atom. The lowest BCUT2D eigenvalue weighted by Crippen LogP contribution is -2.47. The molecule has 0 aliphatic carbocycles. The van der Waals surface area contributed by atoms with Gasteiger partial charge < -0.3 is 10.8 Å². The lowest BCUT2D eigenvalue weighted by molar-refractivity contribution is 0.138. The van der Waals surface area contributed by atoms with Crippen molar-refractivity contribution in [3.63, 3.8) is 0 Å². The SMILES string of the molecule is CN(C(C)(C)CO)S(=O)(=O)c1ccc(F)cc1C#CCN. The van der Waals surface area contributed by atoms with Crippen molar-refractivity contribution in [2.24, 2.45) is 5.73 Å². The third-order valence-corrected chi connectivity index (χ3v) is 5.27. The van der Waals surface area contributed by atoms with Crippen LogP contribution >= 0.6 is 0 Å². The molecule has 0 unspecified atom stereocenters. The van der Waals surface area contributed by atoms with Crippen LogP contribution in [0, 0.1) is 17.7 Å². The van der Waals surface area contributed by atoms with Crippen LogP contribution in [0.3, 0.4) is 0 Å². The number of halogens is 1. The molecule has 0 aliphatic heterocycles. The Labute approximate surface area is 124 Å². The minimum absolute atomic E-state index is 0.0357. The number of benzene rings is 1. The van der Waals surface area contributed by atoms with Crippen molar-refractivity contribution >= 4 is 10.0 Å². The van der Waals surface area contributed by atoms with Crippen molar-refractivity contribution < 1.29 is 17.9 Å². The predicted octanol–water partition coefficient (Wildman–Crippen LogP) is 0.527. The van der Waals surface area contributed by atoms with Crippen LogP contribution in [0.5, 0.6) is 0 Å². The summed E-state index contributed by atoms with van der Waals surface area (Å²) in [6, 6.07) is 3.27. The largest absolute Gasteiger partial charge is 0.394 e. The Morgan fingerprint density at radius 1 is 1.43 bits per heavy atom. The summed E-state index contributed by atoms with van der Waals surface area (Å²) in [5.74, 6) is 4.49. The minimum atomic E-state index is -3.92. The summed E-state index contributed by atoms with van der Waals surface area (Å²) in [6.07, 6.45) is 0. The number of aliphatic hydroxyl groups excluding tert-OH is 1. The summed E-state index contributed by atoms with van der Waals surface area (Å²) in [4.78, 5) is -0.117. The molecule has 116 valence electrons. The molecular weight excluding hydrogens is 295 g/mol. The van der Waals surface area contributed by atoms with Gasteiger partial charge in [0, 0.05) is 12.6 Å². The van der Waals surface area contributed by atoms with Gasteiger partial charge >= 0.3 is 0 Å². The molecule has 1 rings (SSSR count). The van der Waals surface area contributed by atoms with Crippen LogP contribution in [0.2, 0.25) is 0 Å². The van der Waals surface area contributed by atoms with Crippen molar-refractivity contribution in [3.05, 3.63) is 29.6 Å². The van der Waals surface area contributed by atoms with E-state index in [1.54, 1.807) is 13.8 Å². The minimum Gasteiger partial charge on any atom is -0.394 e. The average Bonchev–Trinajstić information content (AvgIpc) is 2.43. The summed E-state index contributed by atoms with van der Waals surface area (Å²) < 4.78 is 39.6. The molecule has 0 fully saturated rings. The first-order valence-corrected chi connectivity index (χ1v) is 7.69. The van der Waals surface area contributed by atoms with Gasteiger partial charge in [0.05, 0.1) is 23.6 Å². The molecule has 0 spiro atoms. The van der Waals surface area contributed by atoms with Gasteiger partial charge in [-0.05, 0) is 32.0 Å². The fourth-order valence-corrected chi connectivity index (χ4v) is 3.17. The van der Waals surface area contributed by atoms with Gasteiger partial charge in [0.1, 0.15) is 5.82 Å². The lowest BCUT2D eigenvalue weighted by atomic mass is 10.1. The molecule has 0 bridgehead atoms. The van der Waals surface area contributed by atoms with Crippen LogP contribution in [0.4, 0.5) is 4.39 Å². The summed E-state index contributed by atoms with van der Waals surface area (Å²) in [7, 11) is -2.57. The van der Waals surface area contributed by atoms with Crippen LogP contribution in [-0.4, -0.2) is 43.6 Å². The molecule has 7 heteroatoms. The van der Waals surface area contributed by atoms with E-state index >= 15 is 0 Å². The van der Waals surface area contributed by atoms with Gasteiger partial charge in [-0.15, -0.1) is 0 Å². The fourth-order valence-electron chi connectivity index (χ4n) is 1.54. The van der Waals surface area contributed by atoms with E-state index in [-0.39, 0.29) is 23.6 Å². The monoisotopic (exact) mass is 314 g/mol. The Hall–Kier alpha value is -1.46. The zero-order valence-electron chi connectivity index (χ0n) is 12.2. The van der Waals surface area contributed by atoms with Gasteiger partial charge in [-0.1, -0.05) is 11.8 Å².